The predicted octanol–water partition coefficient (Wildman–Crippen LogP) is 1.80. The third-order valence-corrected chi connectivity index (χ3v) is 3.77. The molecule has 1 aromatic carbocycles. The minimum absolute atomic E-state index is 0.0701. The molecule has 8 nitrogen and oxygen atoms in total. The summed E-state index contributed by atoms with van der Waals surface area (Å²) in [5, 5.41) is 6.54. The van der Waals surface area contributed by atoms with Crippen LogP contribution in [-0.2, 0) is 17.9 Å². The number of aromatic nitrogens is 4. The van der Waals surface area contributed by atoms with Crippen molar-refractivity contribution < 1.29 is 9.32 Å². The van der Waals surface area contributed by atoms with Gasteiger partial charge in [0.25, 0.3) is 5.56 Å². The Morgan fingerprint density at radius 2 is 2.12 bits per heavy atom. The molecule has 0 unspecified atom stereocenters. The lowest BCUT2D eigenvalue weighted by molar-refractivity contribution is -0.119. The highest BCUT2D eigenvalue weighted by atomic mass is 16.5. The molecule has 2 aromatic heterocycles. The zero-order valence-electron chi connectivity index (χ0n) is 14.4. The molecule has 0 saturated carbocycles. The predicted molar refractivity (Wildman–Crippen MR) is 91.8 cm³/mol. The van der Waals surface area contributed by atoms with Crippen LogP contribution in [0.15, 0.2) is 27.5 Å². The van der Waals surface area contributed by atoms with Crippen molar-refractivity contribution in [2.45, 2.75) is 40.3 Å². The number of rotatable bonds is 5. The zero-order valence-corrected chi connectivity index (χ0v) is 14.4. The lowest BCUT2D eigenvalue weighted by atomic mass is 10.1. The van der Waals surface area contributed by atoms with Crippen LogP contribution in [0.5, 0.6) is 0 Å². The third kappa shape index (κ3) is 3.42. The maximum atomic E-state index is 12.3. The van der Waals surface area contributed by atoms with E-state index >= 15 is 0 Å². The van der Waals surface area contributed by atoms with Gasteiger partial charge < -0.3 is 14.4 Å². The quantitative estimate of drug-likeness (QED) is 0.759. The molecule has 0 aliphatic heterocycles. The van der Waals surface area contributed by atoms with Gasteiger partial charge in [-0.15, -0.1) is 0 Å². The monoisotopic (exact) mass is 341 g/mol. The second-order valence-corrected chi connectivity index (χ2v) is 5.78. The van der Waals surface area contributed by atoms with Crippen LogP contribution in [0, 0.1) is 6.92 Å². The molecule has 2 heterocycles. The molecule has 0 spiro atoms. The van der Waals surface area contributed by atoms with Crippen molar-refractivity contribution in [1.82, 2.24) is 25.0 Å². The van der Waals surface area contributed by atoms with E-state index in [2.05, 4.69) is 20.4 Å². The number of carbonyl (C=O) groups is 1. The summed E-state index contributed by atoms with van der Waals surface area (Å²) in [6.45, 7) is 5.98. The van der Waals surface area contributed by atoms with Gasteiger partial charge in [0, 0.05) is 19.0 Å². The topological polar surface area (TPSA) is 103 Å². The van der Waals surface area contributed by atoms with E-state index < -0.39 is 0 Å². The second-order valence-electron chi connectivity index (χ2n) is 5.78. The molecule has 0 fully saturated rings. The fourth-order valence-corrected chi connectivity index (χ4v) is 2.60. The highest BCUT2D eigenvalue weighted by Gasteiger charge is 2.12. The largest absolute Gasteiger partial charge is 0.347 e. The molecule has 3 aromatic rings. The number of carbonyl (C=O) groups excluding carboxylic acids is 1. The summed E-state index contributed by atoms with van der Waals surface area (Å²) in [6.07, 6.45) is 0.859. The maximum absolute atomic E-state index is 12.3. The van der Waals surface area contributed by atoms with Crippen LogP contribution >= 0.6 is 0 Å². The van der Waals surface area contributed by atoms with Crippen LogP contribution in [-0.4, -0.2) is 25.6 Å². The van der Waals surface area contributed by atoms with Crippen LogP contribution in [0.4, 0.5) is 0 Å². The van der Waals surface area contributed by atoms with Crippen LogP contribution < -0.4 is 10.9 Å². The summed E-state index contributed by atoms with van der Waals surface area (Å²) < 4.78 is 6.87. The van der Waals surface area contributed by atoms with Gasteiger partial charge in [-0.2, -0.15) is 4.98 Å². The number of fused-ring (bicyclic) bond motifs is 1. The molecule has 1 N–H and O–H groups in total. The van der Waals surface area contributed by atoms with Gasteiger partial charge in [0.15, 0.2) is 0 Å². The Balaban J connectivity index is 2.00. The van der Waals surface area contributed by atoms with Gasteiger partial charge in [-0.25, -0.2) is 4.98 Å². The normalized spacial score (nSPS) is 11.0. The van der Waals surface area contributed by atoms with Crippen molar-refractivity contribution in [3.63, 3.8) is 0 Å². The standard InChI is InChI=1S/C17H19N5O3/c1-4-7-22-14-6-5-12(8-13(14)19-10(2)17(22)24)16-20-15(25-21-16)9-18-11(3)23/h5-6,8H,4,7,9H2,1-3H3,(H,18,23). The first-order valence-corrected chi connectivity index (χ1v) is 8.08. The van der Waals surface area contributed by atoms with Gasteiger partial charge in [0.1, 0.15) is 5.69 Å². The Morgan fingerprint density at radius 1 is 1.32 bits per heavy atom. The highest BCUT2D eigenvalue weighted by Crippen LogP contribution is 2.21. The fraction of sp³-hybridized carbons (Fsp3) is 0.353. The summed E-state index contributed by atoms with van der Waals surface area (Å²) in [6, 6.07) is 5.51. The van der Waals surface area contributed by atoms with E-state index in [1.165, 1.54) is 6.92 Å². The molecule has 25 heavy (non-hydrogen) atoms. The summed E-state index contributed by atoms with van der Waals surface area (Å²) in [7, 11) is 0. The van der Waals surface area contributed by atoms with Crippen LogP contribution in [0.2, 0.25) is 0 Å². The van der Waals surface area contributed by atoms with E-state index in [9.17, 15) is 9.59 Å². The number of nitrogens with one attached hydrogen (secondary N) is 1. The Kier molecular flexibility index (Phi) is 4.60. The average Bonchev–Trinajstić information content (AvgIpc) is 3.05. The Hall–Kier alpha value is -3.03. The van der Waals surface area contributed by atoms with Gasteiger partial charge in [-0.1, -0.05) is 12.1 Å². The fourth-order valence-electron chi connectivity index (χ4n) is 2.60. The van der Waals surface area contributed by atoms with Gasteiger partial charge in [0.05, 0.1) is 17.6 Å². The summed E-state index contributed by atoms with van der Waals surface area (Å²) in [5.41, 5.74) is 2.61. The number of hydrogen-bond donors (Lipinski definition) is 1. The molecule has 0 aliphatic rings. The minimum atomic E-state index is -0.168. The first-order chi connectivity index (χ1) is 12.0. The Bertz CT molecular complexity index is 990. The smallest absolute Gasteiger partial charge is 0.272 e. The van der Waals surface area contributed by atoms with Crippen molar-refractivity contribution in [2.24, 2.45) is 0 Å². The first-order valence-electron chi connectivity index (χ1n) is 8.08. The van der Waals surface area contributed by atoms with E-state index in [1.807, 2.05) is 25.1 Å². The lowest BCUT2D eigenvalue weighted by Gasteiger charge is -2.10. The van der Waals surface area contributed by atoms with E-state index in [-0.39, 0.29) is 18.0 Å². The molecule has 130 valence electrons. The molecule has 0 radical (unpaired) electrons. The number of nitrogens with zero attached hydrogens (tertiary/aromatic N) is 4. The SMILES string of the molecule is CCCn1c(=O)c(C)nc2cc(-c3noc(CNC(C)=O)n3)ccc21. The number of aryl methyl sites for hydroxylation is 2. The van der Waals surface area contributed by atoms with E-state index in [4.69, 9.17) is 4.52 Å². The first kappa shape index (κ1) is 16.8. The molecule has 8 heteroatoms. The van der Waals surface area contributed by atoms with Crippen LogP contribution in [0.3, 0.4) is 0 Å². The number of hydrogen-bond acceptors (Lipinski definition) is 6. The van der Waals surface area contributed by atoms with Gasteiger partial charge in [-0.05, 0) is 31.5 Å². The number of benzene rings is 1. The minimum Gasteiger partial charge on any atom is -0.347 e. The third-order valence-electron chi connectivity index (χ3n) is 3.77. The Labute approximate surface area is 143 Å². The molecule has 3 rings (SSSR count). The molecule has 0 bridgehead atoms. The molecular formula is C17H19N5O3. The summed E-state index contributed by atoms with van der Waals surface area (Å²) >= 11 is 0. The molecule has 0 aliphatic carbocycles. The van der Waals surface area contributed by atoms with Crippen molar-refractivity contribution in [2.75, 3.05) is 0 Å². The molecule has 0 atom stereocenters. The molecular weight excluding hydrogens is 322 g/mol. The second kappa shape index (κ2) is 6.84. The van der Waals surface area contributed by atoms with Crippen LogP contribution in [0.25, 0.3) is 22.4 Å². The molecule has 0 saturated heterocycles. The van der Waals surface area contributed by atoms with Crippen LogP contribution in [0.1, 0.15) is 31.9 Å². The highest BCUT2D eigenvalue weighted by molar-refractivity contribution is 5.80. The Morgan fingerprint density at radius 3 is 2.84 bits per heavy atom. The lowest BCUT2D eigenvalue weighted by Crippen LogP contribution is -2.24. The van der Waals surface area contributed by atoms with Crippen molar-refractivity contribution in [3.8, 4) is 11.4 Å². The molecule has 1 amide bonds. The van der Waals surface area contributed by atoms with E-state index in [1.54, 1.807) is 11.5 Å². The summed E-state index contributed by atoms with van der Waals surface area (Å²) in [5.74, 6) is 0.569. The van der Waals surface area contributed by atoms with Crippen molar-refractivity contribution in [1.29, 1.82) is 0 Å². The zero-order chi connectivity index (χ0) is 18.0. The van der Waals surface area contributed by atoms with Gasteiger partial charge in [0.2, 0.25) is 17.6 Å². The average molecular weight is 341 g/mol. The number of amides is 1. The van der Waals surface area contributed by atoms with Crippen molar-refractivity contribution >= 4 is 16.9 Å². The van der Waals surface area contributed by atoms with Crippen molar-refractivity contribution in [3.05, 3.63) is 40.1 Å². The van der Waals surface area contributed by atoms with E-state index in [0.717, 1.165) is 17.5 Å². The maximum Gasteiger partial charge on any atom is 0.272 e. The van der Waals surface area contributed by atoms with Gasteiger partial charge >= 0.3 is 0 Å². The summed E-state index contributed by atoms with van der Waals surface area (Å²) in [4.78, 5) is 31.9. The van der Waals surface area contributed by atoms with Gasteiger partial charge in [-0.3, -0.25) is 9.59 Å². The van der Waals surface area contributed by atoms with E-state index in [0.29, 0.717) is 29.5 Å².